The quantitative estimate of drug-likeness (QED) is 0.456. The molecular formula is C26H33N3O4. The SMILES string of the molecule is CCC(=O)N(CCOC)CC(=O)N(CCc1c[nH]c2ccccc12)Cc1ccccc1OC. The summed E-state index contributed by atoms with van der Waals surface area (Å²) in [6.45, 7) is 3.54. The number of ether oxygens (including phenoxy) is 2. The maximum absolute atomic E-state index is 13.4. The van der Waals surface area contributed by atoms with Crippen LogP contribution in [-0.4, -0.2) is 67.1 Å². The van der Waals surface area contributed by atoms with Gasteiger partial charge in [0.05, 0.1) is 20.3 Å². The molecule has 0 spiro atoms. The third-order valence-corrected chi connectivity index (χ3v) is 5.78. The van der Waals surface area contributed by atoms with E-state index >= 15 is 0 Å². The predicted octanol–water partition coefficient (Wildman–Crippen LogP) is 3.63. The van der Waals surface area contributed by atoms with Gasteiger partial charge in [0.2, 0.25) is 11.8 Å². The number of nitrogens with zero attached hydrogens (tertiary/aromatic N) is 2. The van der Waals surface area contributed by atoms with Gasteiger partial charge in [-0.25, -0.2) is 0 Å². The maximum Gasteiger partial charge on any atom is 0.242 e. The number of benzene rings is 2. The average molecular weight is 452 g/mol. The molecule has 0 saturated carbocycles. The lowest BCUT2D eigenvalue weighted by molar-refractivity contribution is -0.141. The van der Waals surface area contributed by atoms with E-state index in [1.54, 1.807) is 26.0 Å². The number of hydrogen-bond donors (Lipinski definition) is 1. The number of aromatic amines is 1. The molecule has 176 valence electrons. The topological polar surface area (TPSA) is 74.9 Å². The van der Waals surface area contributed by atoms with Gasteiger partial charge in [0.1, 0.15) is 5.75 Å². The number of para-hydroxylation sites is 2. The van der Waals surface area contributed by atoms with Crippen molar-refractivity contribution in [3.8, 4) is 5.75 Å². The molecule has 1 heterocycles. The van der Waals surface area contributed by atoms with Gasteiger partial charge in [-0.2, -0.15) is 0 Å². The molecule has 2 amide bonds. The van der Waals surface area contributed by atoms with Crippen molar-refractivity contribution >= 4 is 22.7 Å². The normalized spacial score (nSPS) is 10.9. The Kier molecular flexibility index (Phi) is 8.89. The number of nitrogens with one attached hydrogen (secondary N) is 1. The number of H-pyrrole nitrogens is 1. The summed E-state index contributed by atoms with van der Waals surface area (Å²) in [6, 6.07) is 15.8. The van der Waals surface area contributed by atoms with Gasteiger partial charge in [0.15, 0.2) is 0 Å². The lowest BCUT2D eigenvalue weighted by Crippen LogP contribution is -2.44. The number of carbonyl (C=O) groups excluding carboxylic acids is 2. The first-order valence-corrected chi connectivity index (χ1v) is 11.3. The minimum Gasteiger partial charge on any atom is -0.496 e. The van der Waals surface area contributed by atoms with E-state index in [1.807, 2.05) is 53.6 Å². The van der Waals surface area contributed by atoms with Crippen LogP contribution in [-0.2, 0) is 27.3 Å². The summed E-state index contributed by atoms with van der Waals surface area (Å²) in [5.41, 5.74) is 3.16. The van der Waals surface area contributed by atoms with Crippen LogP contribution in [0.25, 0.3) is 10.9 Å². The fourth-order valence-electron chi connectivity index (χ4n) is 3.91. The molecule has 0 saturated heterocycles. The lowest BCUT2D eigenvalue weighted by atomic mass is 10.1. The Hall–Kier alpha value is -3.32. The highest BCUT2D eigenvalue weighted by atomic mass is 16.5. The van der Waals surface area contributed by atoms with E-state index in [0.717, 1.165) is 27.8 Å². The first-order chi connectivity index (χ1) is 16.1. The molecule has 7 heteroatoms. The maximum atomic E-state index is 13.4. The van der Waals surface area contributed by atoms with E-state index in [-0.39, 0.29) is 18.4 Å². The number of amides is 2. The number of methoxy groups -OCH3 is 2. The monoisotopic (exact) mass is 451 g/mol. The van der Waals surface area contributed by atoms with E-state index in [9.17, 15) is 9.59 Å². The van der Waals surface area contributed by atoms with E-state index in [4.69, 9.17) is 9.47 Å². The molecule has 7 nitrogen and oxygen atoms in total. The summed E-state index contributed by atoms with van der Waals surface area (Å²) in [6.07, 6.45) is 3.05. The summed E-state index contributed by atoms with van der Waals surface area (Å²) in [7, 11) is 3.22. The number of fused-ring (bicyclic) bond motifs is 1. The molecule has 0 unspecified atom stereocenters. The van der Waals surface area contributed by atoms with Gasteiger partial charge in [-0.1, -0.05) is 43.3 Å². The molecule has 0 aliphatic heterocycles. The second kappa shape index (κ2) is 12.1. The Balaban J connectivity index is 1.80. The van der Waals surface area contributed by atoms with Crippen molar-refractivity contribution in [2.75, 3.05) is 40.5 Å². The van der Waals surface area contributed by atoms with Crippen molar-refractivity contribution in [1.82, 2.24) is 14.8 Å². The fourth-order valence-corrected chi connectivity index (χ4v) is 3.91. The van der Waals surface area contributed by atoms with Crippen LogP contribution in [0.5, 0.6) is 5.75 Å². The van der Waals surface area contributed by atoms with Crippen LogP contribution < -0.4 is 4.74 Å². The van der Waals surface area contributed by atoms with Crippen LogP contribution in [0.4, 0.5) is 0 Å². The van der Waals surface area contributed by atoms with Crippen molar-refractivity contribution < 1.29 is 19.1 Å². The summed E-state index contributed by atoms with van der Waals surface area (Å²) < 4.78 is 10.6. The van der Waals surface area contributed by atoms with E-state index in [2.05, 4.69) is 11.1 Å². The standard InChI is InChI=1S/C26H33N3O4/c1-4-25(30)29(15-16-32-2)19-26(31)28(18-21-9-5-8-12-24(21)33-3)14-13-20-17-27-23-11-7-6-10-22(20)23/h5-12,17,27H,4,13-16,18-19H2,1-3H3. The third-order valence-electron chi connectivity index (χ3n) is 5.78. The van der Waals surface area contributed by atoms with Gasteiger partial charge < -0.3 is 24.3 Å². The smallest absolute Gasteiger partial charge is 0.242 e. The number of hydrogen-bond acceptors (Lipinski definition) is 4. The van der Waals surface area contributed by atoms with Crippen LogP contribution in [0.2, 0.25) is 0 Å². The Morgan fingerprint density at radius 2 is 1.67 bits per heavy atom. The van der Waals surface area contributed by atoms with Gasteiger partial charge in [0.25, 0.3) is 0 Å². The molecule has 0 bridgehead atoms. The zero-order chi connectivity index (χ0) is 23.6. The van der Waals surface area contributed by atoms with E-state index < -0.39 is 0 Å². The highest BCUT2D eigenvalue weighted by molar-refractivity contribution is 5.85. The van der Waals surface area contributed by atoms with Crippen LogP contribution in [0, 0.1) is 0 Å². The lowest BCUT2D eigenvalue weighted by Gasteiger charge is -2.28. The zero-order valence-corrected chi connectivity index (χ0v) is 19.7. The summed E-state index contributed by atoms with van der Waals surface area (Å²) in [5, 5.41) is 1.16. The van der Waals surface area contributed by atoms with Crippen LogP contribution in [0.1, 0.15) is 24.5 Å². The first kappa shape index (κ1) is 24.3. The zero-order valence-electron chi connectivity index (χ0n) is 19.7. The molecule has 1 aromatic heterocycles. The minimum atomic E-state index is -0.0985. The fraction of sp³-hybridized carbons (Fsp3) is 0.385. The van der Waals surface area contributed by atoms with E-state index in [1.165, 1.54) is 0 Å². The number of carbonyl (C=O) groups is 2. The van der Waals surface area contributed by atoms with Crippen molar-refractivity contribution in [2.45, 2.75) is 26.3 Å². The van der Waals surface area contributed by atoms with Gasteiger partial charge in [-0.15, -0.1) is 0 Å². The number of aromatic nitrogens is 1. The predicted molar refractivity (Wildman–Crippen MR) is 129 cm³/mol. The molecule has 2 aromatic carbocycles. The van der Waals surface area contributed by atoms with Crippen molar-refractivity contribution in [2.24, 2.45) is 0 Å². The summed E-state index contributed by atoms with van der Waals surface area (Å²) in [4.78, 5) is 32.5. The van der Waals surface area contributed by atoms with Crippen LogP contribution in [0.3, 0.4) is 0 Å². The Labute approximate surface area is 195 Å². The van der Waals surface area contributed by atoms with Gasteiger partial charge >= 0.3 is 0 Å². The van der Waals surface area contributed by atoms with Gasteiger partial charge in [-0.05, 0) is 24.1 Å². The molecule has 3 rings (SSSR count). The average Bonchev–Trinajstić information content (AvgIpc) is 3.27. The summed E-state index contributed by atoms with van der Waals surface area (Å²) >= 11 is 0. The van der Waals surface area contributed by atoms with Crippen molar-refractivity contribution in [1.29, 1.82) is 0 Å². The Bertz CT molecular complexity index is 1060. The van der Waals surface area contributed by atoms with Crippen molar-refractivity contribution in [3.63, 3.8) is 0 Å². The second-order valence-corrected chi connectivity index (χ2v) is 7.90. The molecular weight excluding hydrogens is 418 g/mol. The molecule has 33 heavy (non-hydrogen) atoms. The summed E-state index contributed by atoms with van der Waals surface area (Å²) in [5.74, 6) is 0.580. The largest absolute Gasteiger partial charge is 0.496 e. The Morgan fingerprint density at radius 1 is 0.909 bits per heavy atom. The molecule has 0 atom stereocenters. The highest BCUT2D eigenvalue weighted by Gasteiger charge is 2.22. The molecule has 0 aliphatic rings. The second-order valence-electron chi connectivity index (χ2n) is 7.90. The van der Waals surface area contributed by atoms with Gasteiger partial charge in [-0.3, -0.25) is 9.59 Å². The third kappa shape index (κ3) is 6.35. The Morgan fingerprint density at radius 3 is 2.42 bits per heavy atom. The molecule has 0 aliphatic carbocycles. The van der Waals surface area contributed by atoms with Crippen molar-refractivity contribution in [3.05, 3.63) is 65.9 Å². The highest BCUT2D eigenvalue weighted by Crippen LogP contribution is 2.22. The molecule has 1 N–H and O–H groups in total. The van der Waals surface area contributed by atoms with Gasteiger partial charge in [0, 0.05) is 55.8 Å². The van der Waals surface area contributed by atoms with E-state index in [0.29, 0.717) is 39.1 Å². The van der Waals surface area contributed by atoms with Crippen LogP contribution in [0.15, 0.2) is 54.7 Å². The first-order valence-electron chi connectivity index (χ1n) is 11.3. The van der Waals surface area contributed by atoms with Crippen LogP contribution >= 0.6 is 0 Å². The molecule has 0 radical (unpaired) electrons. The minimum absolute atomic E-state index is 0.0269. The molecule has 3 aromatic rings. The molecule has 0 fully saturated rings. The number of rotatable bonds is 12.